The van der Waals surface area contributed by atoms with Gasteiger partial charge >= 0.3 is 0 Å². The summed E-state index contributed by atoms with van der Waals surface area (Å²) in [6.07, 6.45) is 8.47. The fourth-order valence-electron chi connectivity index (χ4n) is 3.63. The number of ketones is 2. The molecule has 0 aliphatic carbocycles. The number of nitrogens with one attached hydrogen (secondary N) is 3. The third-order valence-corrected chi connectivity index (χ3v) is 6.76. The molecular weight excluding hydrogens is 374 g/mol. The van der Waals surface area contributed by atoms with Crippen LogP contribution in [-0.2, 0) is 14.4 Å². The molecule has 0 aromatic heterocycles. The number of fused-ring (bicyclic) bond motifs is 1. The van der Waals surface area contributed by atoms with Crippen molar-refractivity contribution in [3.63, 3.8) is 0 Å². The summed E-state index contributed by atoms with van der Waals surface area (Å²) >= 11 is 2.06. The lowest BCUT2D eigenvalue weighted by atomic mass is 10.0. The van der Waals surface area contributed by atoms with Crippen molar-refractivity contribution in [3.8, 4) is 0 Å². The van der Waals surface area contributed by atoms with Crippen molar-refractivity contribution in [2.45, 2.75) is 82.0 Å². The number of Topliss-reactive ketones (excluding diaryl/α,β-unsaturated/α-hetero) is 2. The first-order valence-electron chi connectivity index (χ1n) is 10.4. The first-order valence-corrected chi connectivity index (χ1v) is 11.4. The molecule has 0 aromatic rings. The molecule has 6 nitrogen and oxygen atoms in total. The zero-order valence-corrected chi connectivity index (χ0v) is 17.9. The Morgan fingerprint density at radius 1 is 1.14 bits per heavy atom. The summed E-state index contributed by atoms with van der Waals surface area (Å²) in [6.45, 7) is 9.96. The van der Waals surface area contributed by atoms with Crippen molar-refractivity contribution < 1.29 is 14.4 Å². The minimum Gasteiger partial charge on any atom is -0.367 e. The summed E-state index contributed by atoms with van der Waals surface area (Å²) in [6, 6.07) is 1.07. The summed E-state index contributed by atoms with van der Waals surface area (Å²) in [5.41, 5.74) is 3.87. The van der Waals surface area contributed by atoms with Gasteiger partial charge < -0.3 is 10.6 Å². The number of unbranched alkanes of at least 4 members (excludes halogenated alkanes) is 4. The Labute approximate surface area is 173 Å². The van der Waals surface area contributed by atoms with E-state index in [1.807, 2.05) is 0 Å². The molecule has 0 aromatic carbocycles. The normalized spacial score (nSPS) is 23.0. The van der Waals surface area contributed by atoms with Gasteiger partial charge in [0, 0.05) is 30.0 Å². The lowest BCUT2D eigenvalue weighted by molar-refractivity contribution is -0.135. The van der Waals surface area contributed by atoms with E-state index in [2.05, 4.69) is 41.0 Å². The first-order chi connectivity index (χ1) is 13.5. The summed E-state index contributed by atoms with van der Waals surface area (Å²) in [7, 11) is 0. The van der Waals surface area contributed by atoms with E-state index >= 15 is 0 Å². The Balaban J connectivity index is 1.39. The van der Waals surface area contributed by atoms with E-state index in [1.54, 1.807) is 0 Å². The zero-order valence-electron chi connectivity index (χ0n) is 17.1. The summed E-state index contributed by atoms with van der Waals surface area (Å²) in [5.74, 6) is 1.54. The highest BCUT2D eigenvalue weighted by molar-refractivity contribution is 8.00. The molecule has 0 bridgehead atoms. The Morgan fingerprint density at radius 3 is 2.68 bits per heavy atom. The van der Waals surface area contributed by atoms with Crippen molar-refractivity contribution in [2.24, 2.45) is 0 Å². The van der Waals surface area contributed by atoms with Gasteiger partial charge in [-0.05, 0) is 32.1 Å². The van der Waals surface area contributed by atoms with Gasteiger partial charge in [-0.3, -0.25) is 19.9 Å². The third-order valence-electron chi connectivity index (χ3n) is 5.25. The molecule has 2 saturated heterocycles. The van der Waals surface area contributed by atoms with E-state index in [9.17, 15) is 9.59 Å². The molecule has 3 atom stereocenters. The van der Waals surface area contributed by atoms with Crippen LogP contribution in [0.15, 0.2) is 24.7 Å². The van der Waals surface area contributed by atoms with Gasteiger partial charge in [-0.1, -0.05) is 32.4 Å². The van der Waals surface area contributed by atoms with Crippen molar-refractivity contribution in [3.05, 3.63) is 24.7 Å². The van der Waals surface area contributed by atoms with Crippen molar-refractivity contribution in [2.75, 3.05) is 12.4 Å². The molecule has 158 valence electrons. The minimum absolute atomic E-state index is 0.262. The van der Waals surface area contributed by atoms with Crippen molar-refractivity contribution >= 4 is 23.3 Å². The minimum atomic E-state index is -0.338. The van der Waals surface area contributed by atoms with Crippen LogP contribution in [0, 0.1) is 0 Å². The molecule has 3 unspecified atom stereocenters. The number of carbonyl (C=O) groups is 2. The number of hydrogen-bond donors (Lipinski definition) is 3. The smallest absolute Gasteiger partial charge is 0.198 e. The molecule has 2 fully saturated rings. The predicted molar refractivity (Wildman–Crippen MR) is 115 cm³/mol. The second kappa shape index (κ2) is 12.2. The van der Waals surface area contributed by atoms with Gasteiger partial charge in [-0.2, -0.15) is 11.8 Å². The van der Waals surface area contributed by atoms with Gasteiger partial charge in [0.1, 0.15) is 0 Å². The van der Waals surface area contributed by atoms with Crippen LogP contribution in [0.2, 0.25) is 0 Å². The quantitative estimate of drug-likeness (QED) is 0.218. The van der Waals surface area contributed by atoms with Crippen LogP contribution in [0.1, 0.15) is 64.7 Å². The van der Waals surface area contributed by atoms with Gasteiger partial charge in [0.05, 0.1) is 24.5 Å². The van der Waals surface area contributed by atoms with Crippen molar-refractivity contribution in [1.29, 1.82) is 0 Å². The van der Waals surface area contributed by atoms with Gasteiger partial charge in [0.25, 0.3) is 0 Å². The first kappa shape index (κ1) is 22.8. The Morgan fingerprint density at radius 2 is 1.89 bits per heavy atom. The topological polar surface area (TPSA) is 79.5 Å². The number of hydroxylamine groups is 1. The third kappa shape index (κ3) is 7.87. The van der Waals surface area contributed by atoms with Gasteiger partial charge in [-0.15, -0.1) is 0 Å². The second-order valence-electron chi connectivity index (χ2n) is 7.71. The molecule has 2 aliphatic heterocycles. The Kier molecular flexibility index (Phi) is 9.92. The van der Waals surface area contributed by atoms with Gasteiger partial charge in [-0.25, -0.2) is 0 Å². The standard InChI is InChI=1S/C21H35N3O3S/c1-15(24-27-13-9-5-4-6-11-19(26)16(2)25)10-7-8-12-20-21-18(14-28-20)22-17(3)23-21/h18,20-24H,1,3-14H2,2H3. The fraction of sp³-hybridized carbons (Fsp3) is 0.714. The second-order valence-corrected chi connectivity index (χ2v) is 8.99. The monoisotopic (exact) mass is 409 g/mol. The highest BCUT2D eigenvalue weighted by Gasteiger charge is 2.40. The number of thioether (sulfide) groups is 1. The molecule has 7 heteroatoms. The average Bonchev–Trinajstić information content (AvgIpc) is 3.20. The van der Waals surface area contributed by atoms with Crippen LogP contribution in [-0.4, -0.2) is 41.3 Å². The molecule has 0 amide bonds. The highest BCUT2D eigenvalue weighted by atomic mass is 32.2. The van der Waals surface area contributed by atoms with Crippen LogP contribution in [0.25, 0.3) is 0 Å². The highest BCUT2D eigenvalue weighted by Crippen LogP contribution is 2.34. The van der Waals surface area contributed by atoms with E-state index in [0.29, 0.717) is 30.4 Å². The maximum absolute atomic E-state index is 11.2. The van der Waals surface area contributed by atoms with Crippen molar-refractivity contribution in [1.82, 2.24) is 16.1 Å². The molecular formula is C21H35N3O3S. The van der Waals surface area contributed by atoms with E-state index in [-0.39, 0.29) is 11.6 Å². The number of rotatable bonds is 15. The molecule has 0 spiro atoms. The lowest BCUT2D eigenvalue weighted by Gasteiger charge is -2.17. The largest absolute Gasteiger partial charge is 0.367 e. The number of allylic oxidation sites excluding steroid dienone is 1. The molecule has 2 heterocycles. The maximum atomic E-state index is 11.2. The molecule has 0 radical (unpaired) electrons. The zero-order chi connectivity index (χ0) is 20.4. The molecule has 2 aliphatic rings. The Hall–Kier alpha value is -1.47. The SMILES string of the molecule is C=C(CCCCC1SCC2NC(=C)NC21)NOCCCCCCC(=O)C(C)=O. The van der Waals surface area contributed by atoms with E-state index < -0.39 is 0 Å². The fourth-order valence-corrected chi connectivity index (χ4v) is 5.17. The van der Waals surface area contributed by atoms with Crippen LogP contribution in [0.5, 0.6) is 0 Å². The predicted octanol–water partition coefficient (Wildman–Crippen LogP) is 3.21. The van der Waals surface area contributed by atoms with Gasteiger partial charge in [0.2, 0.25) is 0 Å². The van der Waals surface area contributed by atoms with E-state index in [0.717, 1.165) is 55.8 Å². The van der Waals surface area contributed by atoms with Crippen LogP contribution in [0.3, 0.4) is 0 Å². The van der Waals surface area contributed by atoms with E-state index in [1.165, 1.54) is 19.8 Å². The molecule has 28 heavy (non-hydrogen) atoms. The maximum Gasteiger partial charge on any atom is 0.198 e. The average molecular weight is 410 g/mol. The number of carbonyl (C=O) groups excluding carboxylic acids is 2. The Bertz CT molecular complexity index is 567. The summed E-state index contributed by atoms with van der Waals surface area (Å²) in [5, 5.41) is 7.55. The summed E-state index contributed by atoms with van der Waals surface area (Å²) < 4.78 is 0. The number of hydrogen-bond acceptors (Lipinski definition) is 7. The van der Waals surface area contributed by atoms with Crippen LogP contribution < -0.4 is 16.1 Å². The van der Waals surface area contributed by atoms with Crippen LogP contribution in [0.4, 0.5) is 0 Å². The molecule has 2 rings (SSSR count). The van der Waals surface area contributed by atoms with E-state index in [4.69, 9.17) is 4.84 Å². The summed E-state index contributed by atoms with van der Waals surface area (Å²) in [4.78, 5) is 27.5. The van der Waals surface area contributed by atoms with Gasteiger partial charge in [0.15, 0.2) is 11.6 Å². The van der Waals surface area contributed by atoms with Crippen LogP contribution >= 0.6 is 11.8 Å². The molecule has 0 saturated carbocycles. The molecule has 3 N–H and O–H groups in total. The lowest BCUT2D eigenvalue weighted by Crippen LogP contribution is -2.36.